The van der Waals surface area contributed by atoms with Crippen molar-refractivity contribution in [3.05, 3.63) is 33.6 Å². The van der Waals surface area contributed by atoms with Crippen molar-refractivity contribution in [2.75, 3.05) is 19.6 Å². The number of nitrogens with zero attached hydrogens (tertiary/aromatic N) is 1. The van der Waals surface area contributed by atoms with Crippen LogP contribution in [0.3, 0.4) is 0 Å². The zero-order chi connectivity index (χ0) is 14.3. The summed E-state index contributed by atoms with van der Waals surface area (Å²) in [5.41, 5.74) is 0.826. The summed E-state index contributed by atoms with van der Waals surface area (Å²) in [6.07, 6.45) is 2.53. The highest BCUT2D eigenvalue weighted by atomic mass is 35.5. The molecule has 2 nitrogen and oxygen atoms in total. The van der Waals surface area contributed by atoms with Crippen LogP contribution in [0.1, 0.15) is 31.4 Å². The Morgan fingerprint density at radius 1 is 1.30 bits per heavy atom. The third kappa shape index (κ3) is 2.69. The Morgan fingerprint density at radius 2 is 2.10 bits per heavy atom. The molecule has 0 bridgehead atoms. The minimum absolute atomic E-state index is 0.0858. The second kappa shape index (κ2) is 5.80. The topological polar surface area (TPSA) is 15.3 Å². The fourth-order valence-electron chi connectivity index (χ4n) is 3.45. The van der Waals surface area contributed by atoms with Crippen LogP contribution in [0.25, 0.3) is 0 Å². The minimum Gasteiger partial charge on any atom is -0.312 e. The van der Waals surface area contributed by atoms with Gasteiger partial charge in [-0.05, 0) is 49.9 Å². The first-order valence-corrected chi connectivity index (χ1v) is 7.93. The number of halogens is 3. The van der Waals surface area contributed by atoms with E-state index in [1.807, 2.05) is 0 Å². The lowest BCUT2D eigenvalue weighted by Gasteiger charge is -2.25. The van der Waals surface area contributed by atoms with Crippen molar-refractivity contribution in [2.45, 2.75) is 31.8 Å². The highest BCUT2D eigenvalue weighted by Crippen LogP contribution is 2.35. The molecule has 0 amide bonds. The molecule has 1 N–H and O–H groups in total. The number of nitrogens with one attached hydrogen (secondary N) is 1. The predicted octanol–water partition coefficient (Wildman–Crippen LogP) is 3.88. The summed E-state index contributed by atoms with van der Waals surface area (Å²) >= 11 is 12.0. The molecule has 0 aliphatic carbocycles. The van der Waals surface area contributed by atoms with Gasteiger partial charge in [0.15, 0.2) is 0 Å². The summed E-state index contributed by atoms with van der Waals surface area (Å²) in [6.45, 7) is 5.26. The van der Waals surface area contributed by atoms with Gasteiger partial charge in [-0.25, -0.2) is 4.39 Å². The number of likely N-dealkylation sites (tertiary alicyclic amines) is 1. The van der Waals surface area contributed by atoms with Crippen LogP contribution >= 0.6 is 23.2 Å². The molecule has 2 aliphatic heterocycles. The third-order valence-corrected chi connectivity index (χ3v) is 5.28. The van der Waals surface area contributed by atoms with Crippen LogP contribution in [-0.2, 0) is 0 Å². The van der Waals surface area contributed by atoms with E-state index in [1.54, 1.807) is 0 Å². The van der Waals surface area contributed by atoms with Crippen LogP contribution in [0, 0.1) is 11.7 Å². The molecule has 3 rings (SSSR count). The largest absolute Gasteiger partial charge is 0.312 e. The highest BCUT2D eigenvalue weighted by Gasteiger charge is 2.36. The maximum atomic E-state index is 13.7. The molecule has 2 heterocycles. The standard InChI is InChI=1S/C15H19Cl2FN2/c1-9(11-5-14(18)13(17)6-12(11)16)20-7-10-3-2-4-19-15(10)8-20/h5-6,9-10,15,19H,2-4,7-8H2,1H3. The Kier molecular flexibility index (Phi) is 4.23. The van der Waals surface area contributed by atoms with E-state index in [0.29, 0.717) is 17.0 Å². The van der Waals surface area contributed by atoms with Crippen LogP contribution in [0.4, 0.5) is 4.39 Å². The van der Waals surface area contributed by atoms with Gasteiger partial charge in [-0.3, -0.25) is 4.90 Å². The van der Waals surface area contributed by atoms with Crippen molar-refractivity contribution in [1.82, 2.24) is 10.2 Å². The molecule has 0 saturated carbocycles. The van der Waals surface area contributed by atoms with E-state index < -0.39 is 5.82 Å². The molecule has 2 fully saturated rings. The molecule has 3 atom stereocenters. The van der Waals surface area contributed by atoms with Crippen molar-refractivity contribution in [3.63, 3.8) is 0 Å². The summed E-state index contributed by atoms with van der Waals surface area (Å²) in [6, 6.07) is 3.67. The Bertz CT molecular complexity index is 495. The quantitative estimate of drug-likeness (QED) is 0.833. The van der Waals surface area contributed by atoms with Gasteiger partial charge < -0.3 is 5.32 Å². The van der Waals surface area contributed by atoms with Gasteiger partial charge in [0.1, 0.15) is 5.82 Å². The van der Waals surface area contributed by atoms with Gasteiger partial charge in [0.2, 0.25) is 0 Å². The molecule has 2 aliphatic rings. The maximum absolute atomic E-state index is 13.7. The van der Waals surface area contributed by atoms with Gasteiger partial charge in [0.25, 0.3) is 0 Å². The lowest BCUT2D eigenvalue weighted by Crippen LogP contribution is -2.40. The zero-order valence-corrected chi connectivity index (χ0v) is 13.0. The van der Waals surface area contributed by atoms with Gasteiger partial charge in [-0.15, -0.1) is 0 Å². The van der Waals surface area contributed by atoms with E-state index in [2.05, 4.69) is 17.1 Å². The smallest absolute Gasteiger partial charge is 0.142 e. The molecule has 1 aromatic carbocycles. The van der Waals surface area contributed by atoms with Crippen LogP contribution < -0.4 is 5.32 Å². The van der Waals surface area contributed by atoms with Crippen molar-refractivity contribution >= 4 is 23.2 Å². The summed E-state index contributed by atoms with van der Waals surface area (Å²) < 4.78 is 13.7. The van der Waals surface area contributed by atoms with E-state index in [4.69, 9.17) is 23.2 Å². The summed E-state index contributed by atoms with van der Waals surface area (Å²) in [5.74, 6) is 0.315. The molecule has 0 radical (unpaired) electrons. The van der Waals surface area contributed by atoms with Crippen molar-refractivity contribution in [1.29, 1.82) is 0 Å². The summed E-state index contributed by atoms with van der Waals surface area (Å²) in [7, 11) is 0. The molecule has 1 aromatic rings. The van der Waals surface area contributed by atoms with Crippen molar-refractivity contribution in [2.24, 2.45) is 5.92 Å². The number of benzene rings is 1. The fraction of sp³-hybridized carbons (Fsp3) is 0.600. The zero-order valence-electron chi connectivity index (χ0n) is 11.5. The number of piperidine rings is 1. The Labute approximate surface area is 129 Å². The average Bonchev–Trinajstić information content (AvgIpc) is 2.86. The van der Waals surface area contributed by atoms with E-state index in [0.717, 1.165) is 25.2 Å². The molecule has 0 aromatic heterocycles. The first-order chi connectivity index (χ1) is 9.56. The van der Waals surface area contributed by atoms with Gasteiger partial charge in [0, 0.05) is 30.2 Å². The van der Waals surface area contributed by atoms with E-state index in [9.17, 15) is 4.39 Å². The van der Waals surface area contributed by atoms with E-state index in [1.165, 1.54) is 25.0 Å². The lowest BCUT2D eigenvalue weighted by atomic mass is 9.94. The molecule has 2 saturated heterocycles. The first kappa shape index (κ1) is 14.6. The van der Waals surface area contributed by atoms with Gasteiger partial charge >= 0.3 is 0 Å². The first-order valence-electron chi connectivity index (χ1n) is 7.18. The highest BCUT2D eigenvalue weighted by molar-refractivity contribution is 6.35. The monoisotopic (exact) mass is 316 g/mol. The number of fused-ring (bicyclic) bond motifs is 1. The van der Waals surface area contributed by atoms with Crippen LogP contribution in [-0.4, -0.2) is 30.6 Å². The summed E-state index contributed by atoms with van der Waals surface area (Å²) in [5, 5.41) is 4.22. The maximum Gasteiger partial charge on any atom is 0.142 e. The SMILES string of the molecule is CC(c1cc(F)c(Cl)cc1Cl)N1CC2CCCNC2C1. The molecule has 20 heavy (non-hydrogen) atoms. The molecule has 110 valence electrons. The van der Waals surface area contributed by atoms with Crippen molar-refractivity contribution in [3.8, 4) is 0 Å². The lowest BCUT2D eigenvalue weighted by molar-refractivity contribution is 0.250. The summed E-state index contributed by atoms with van der Waals surface area (Å²) in [4.78, 5) is 2.39. The van der Waals surface area contributed by atoms with Gasteiger partial charge in [-0.2, -0.15) is 0 Å². The average molecular weight is 317 g/mol. The normalized spacial score (nSPS) is 28.4. The predicted molar refractivity (Wildman–Crippen MR) is 80.9 cm³/mol. The molecule has 5 heteroatoms. The third-order valence-electron chi connectivity index (χ3n) is 4.66. The number of hydrogen-bond acceptors (Lipinski definition) is 2. The van der Waals surface area contributed by atoms with Gasteiger partial charge in [-0.1, -0.05) is 23.2 Å². The molecule has 3 unspecified atom stereocenters. The number of rotatable bonds is 2. The Morgan fingerprint density at radius 3 is 2.85 bits per heavy atom. The Hall–Kier alpha value is -0.350. The van der Waals surface area contributed by atoms with E-state index >= 15 is 0 Å². The van der Waals surface area contributed by atoms with Gasteiger partial charge in [0.05, 0.1) is 5.02 Å². The fourth-order valence-corrected chi connectivity index (χ4v) is 3.99. The molecule has 0 spiro atoms. The van der Waals surface area contributed by atoms with Crippen LogP contribution in [0.2, 0.25) is 10.0 Å². The van der Waals surface area contributed by atoms with E-state index in [-0.39, 0.29) is 11.1 Å². The van der Waals surface area contributed by atoms with Crippen LogP contribution in [0.5, 0.6) is 0 Å². The van der Waals surface area contributed by atoms with Crippen molar-refractivity contribution < 1.29 is 4.39 Å². The number of hydrogen-bond donors (Lipinski definition) is 1. The second-order valence-electron chi connectivity index (χ2n) is 5.88. The molecular formula is C15H19Cl2FN2. The van der Waals surface area contributed by atoms with Crippen LogP contribution in [0.15, 0.2) is 12.1 Å². The Balaban J connectivity index is 1.79. The minimum atomic E-state index is -0.396. The molecular weight excluding hydrogens is 298 g/mol. The second-order valence-corrected chi connectivity index (χ2v) is 6.70.